The summed E-state index contributed by atoms with van der Waals surface area (Å²) in [6.07, 6.45) is 5.59. The van der Waals surface area contributed by atoms with Crippen LogP contribution in [0.4, 0.5) is 0 Å². The first-order valence-corrected chi connectivity index (χ1v) is 5.49. The molecule has 1 aromatic rings. The van der Waals surface area contributed by atoms with Crippen LogP contribution in [0.15, 0.2) is 22.7 Å². The summed E-state index contributed by atoms with van der Waals surface area (Å²) in [5.74, 6) is 2.27. The van der Waals surface area contributed by atoms with Crippen LogP contribution < -0.4 is 5.32 Å². The van der Waals surface area contributed by atoms with E-state index in [0.29, 0.717) is 28.0 Å². The summed E-state index contributed by atoms with van der Waals surface area (Å²) in [5, 5.41) is 3.23. The highest BCUT2D eigenvalue weighted by atomic mass is 79.9. The second kappa shape index (κ2) is 5.79. The third kappa shape index (κ3) is 3.58. The Bertz CT molecular complexity index is 412. The Balaban J connectivity index is 2.73. The molecular weight excluding hydrogens is 277 g/mol. The van der Waals surface area contributed by atoms with Crippen LogP contribution in [0, 0.1) is 12.3 Å². The molecule has 0 aromatic heterocycles. The molecule has 0 saturated heterocycles. The minimum Gasteiger partial charge on any atom is -0.351 e. The zero-order chi connectivity index (χ0) is 11.3. The monoisotopic (exact) mass is 285 g/mol. The maximum atomic E-state index is 11.6. The summed E-state index contributed by atoms with van der Waals surface area (Å²) in [7, 11) is 0. The van der Waals surface area contributed by atoms with Crippen LogP contribution in [-0.4, -0.2) is 12.5 Å². The van der Waals surface area contributed by atoms with Crippen molar-refractivity contribution in [1.29, 1.82) is 0 Å². The molecule has 0 radical (unpaired) electrons. The molecule has 1 aromatic carbocycles. The van der Waals surface area contributed by atoms with Crippen LogP contribution in [-0.2, 0) is 0 Å². The Morgan fingerprint density at radius 1 is 1.60 bits per heavy atom. The van der Waals surface area contributed by atoms with Gasteiger partial charge in [-0.1, -0.05) is 11.6 Å². The van der Waals surface area contributed by atoms with Crippen molar-refractivity contribution in [3.8, 4) is 12.3 Å². The lowest BCUT2D eigenvalue weighted by atomic mass is 10.2. The molecule has 0 bridgehead atoms. The van der Waals surface area contributed by atoms with Gasteiger partial charge >= 0.3 is 0 Å². The number of rotatable bonds is 3. The molecule has 0 aliphatic carbocycles. The third-order valence-electron chi connectivity index (χ3n) is 1.73. The van der Waals surface area contributed by atoms with Crippen LogP contribution in [0.5, 0.6) is 0 Å². The molecule has 0 fully saturated rings. The van der Waals surface area contributed by atoms with Gasteiger partial charge < -0.3 is 5.32 Å². The minimum atomic E-state index is -0.181. The first-order valence-electron chi connectivity index (χ1n) is 4.32. The van der Waals surface area contributed by atoms with Crippen molar-refractivity contribution in [1.82, 2.24) is 5.32 Å². The molecule has 1 rings (SSSR count). The summed E-state index contributed by atoms with van der Waals surface area (Å²) >= 11 is 9.07. The van der Waals surface area contributed by atoms with E-state index in [1.807, 2.05) is 0 Å². The fraction of sp³-hybridized carbons (Fsp3) is 0.182. The Hall–Kier alpha value is -0.980. The molecule has 0 aliphatic rings. The van der Waals surface area contributed by atoms with Crippen molar-refractivity contribution < 1.29 is 4.79 Å². The summed E-state index contributed by atoms with van der Waals surface area (Å²) in [6.45, 7) is 0.467. The SMILES string of the molecule is C#CCCNC(=O)c1cc(Cl)ccc1Br. The fourth-order valence-corrected chi connectivity index (χ4v) is 1.61. The van der Waals surface area contributed by atoms with Crippen molar-refractivity contribution in [2.45, 2.75) is 6.42 Å². The van der Waals surface area contributed by atoms with Crippen molar-refractivity contribution in [3.63, 3.8) is 0 Å². The number of benzene rings is 1. The molecule has 4 heteroatoms. The zero-order valence-corrected chi connectivity index (χ0v) is 10.2. The van der Waals surface area contributed by atoms with E-state index >= 15 is 0 Å². The van der Waals surface area contributed by atoms with Gasteiger partial charge in [0.05, 0.1) is 5.56 Å². The van der Waals surface area contributed by atoms with Crippen LogP contribution >= 0.6 is 27.5 Å². The summed E-state index contributed by atoms with van der Waals surface area (Å²) < 4.78 is 0.713. The number of terminal acetylenes is 1. The van der Waals surface area contributed by atoms with Gasteiger partial charge in [-0.05, 0) is 34.1 Å². The van der Waals surface area contributed by atoms with Gasteiger partial charge in [0.1, 0.15) is 0 Å². The maximum absolute atomic E-state index is 11.6. The van der Waals surface area contributed by atoms with E-state index in [1.54, 1.807) is 18.2 Å². The molecule has 78 valence electrons. The molecule has 0 spiro atoms. The average Bonchev–Trinajstić information content (AvgIpc) is 2.22. The van der Waals surface area contributed by atoms with Gasteiger partial charge in [-0.25, -0.2) is 0 Å². The first kappa shape index (κ1) is 12.1. The fourth-order valence-electron chi connectivity index (χ4n) is 1.01. The number of halogens is 2. The van der Waals surface area contributed by atoms with E-state index in [9.17, 15) is 4.79 Å². The van der Waals surface area contributed by atoms with Crippen molar-refractivity contribution in [2.24, 2.45) is 0 Å². The molecule has 0 heterocycles. The van der Waals surface area contributed by atoms with Gasteiger partial charge in [-0.2, -0.15) is 0 Å². The molecule has 0 saturated carbocycles. The zero-order valence-electron chi connectivity index (χ0n) is 7.89. The van der Waals surface area contributed by atoms with Crippen LogP contribution in [0.2, 0.25) is 5.02 Å². The minimum absolute atomic E-state index is 0.181. The Labute approximate surface area is 102 Å². The van der Waals surface area contributed by atoms with Gasteiger partial charge in [0.15, 0.2) is 0 Å². The van der Waals surface area contributed by atoms with Crippen molar-refractivity contribution >= 4 is 33.4 Å². The number of amides is 1. The van der Waals surface area contributed by atoms with Crippen molar-refractivity contribution in [2.75, 3.05) is 6.54 Å². The average molecular weight is 287 g/mol. The van der Waals surface area contributed by atoms with Crippen molar-refractivity contribution in [3.05, 3.63) is 33.3 Å². The lowest BCUT2D eigenvalue weighted by Gasteiger charge is -2.05. The predicted octanol–water partition coefficient (Wildman–Crippen LogP) is 2.86. The van der Waals surface area contributed by atoms with Crippen LogP contribution in [0.1, 0.15) is 16.8 Å². The van der Waals surface area contributed by atoms with Crippen LogP contribution in [0.25, 0.3) is 0 Å². The highest BCUT2D eigenvalue weighted by Gasteiger charge is 2.09. The van der Waals surface area contributed by atoms with Crippen LogP contribution in [0.3, 0.4) is 0 Å². The largest absolute Gasteiger partial charge is 0.351 e. The number of nitrogens with one attached hydrogen (secondary N) is 1. The van der Waals surface area contributed by atoms with Gasteiger partial charge in [0, 0.05) is 22.5 Å². The van der Waals surface area contributed by atoms with E-state index in [1.165, 1.54) is 0 Å². The van der Waals surface area contributed by atoms with E-state index in [-0.39, 0.29) is 5.91 Å². The third-order valence-corrected chi connectivity index (χ3v) is 2.65. The number of hydrogen-bond donors (Lipinski definition) is 1. The molecule has 0 aliphatic heterocycles. The van der Waals surface area contributed by atoms with Gasteiger partial charge in [0.25, 0.3) is 5.91 Å². The van der Waals surface area contributed by atoms with Gasteiger partial charge in [0.2, 0.25) is 0 Å². The van der Waals surface area contributed by atoms with Gasteiger partial charge in [-0.3, -0.25) is 4.79 Å². The standard InChI is InChI=1S/C11H9BrClNO/c1-2-3-6-14-11(15)9-7-8(13)4-5-10(9)12/h1,4-5,7H,3,6H2,(H,14,15). The smallest absolute Gasteiger partial charge is 0.252 e. The summed E-state index contributed by atoms with van der Waals surface area (Å²) in [5.41, 5.74) is 0.513. The topological polar surface area (TPSA) is 29.1 Å². The number of hydrogen-bond acceptors (Lipinski definition) is 1. The summed E-state index contributed by atoms with van der Waals surface area (Å²) in [4.78, 5) is 11.6. The quantitative estimate of drug-likeness (QED) is 0.672. The lowest BCUT2D eigenvalue weighted by molar-refractivity contribution is 0.0954. The molecule has 15 heavy (non-hydrogen) atoms. The normalized spacial score (nSPS) is 9.40. The highest BCUT2D eigenvalue weighted by Crippen LogP contribution is 2.20. The maximum Gasteiger partial charge on any atom is 0.252 e. The highest BCUT2D eigenvalue weighted by molar-refractivity contribution is 9.10. The summed E-state index contributed by atoms with van der Waals surface area (Å²) in [6, 6.07) is 5.05. The second-order valence-corrected chi connectivity index (χ2v) is 4.12. The molecule has 0 unspecified atom stereocenters. The Morgan fingerprint density at radius 2 is 2.33 bits per heavy atom. The molecule has 1 amide bonds. The van der Waals surface area contributed by atoms with E-state index in [4.69, 9.17) is 18.0 Å². The molecule has 2 nitrogen and oxygen atoms in total. The number of carbonyl (C=O) groups excluding carboxylic acids is 1. The van der Waals surface area contributed by atoms with E-state index in [2.05, 4.69) is 27.2 Å². The van der Waals surface area contributed by atoms with Gasteiger partial charge in [-0.15, -0.1) is 12.3 Å². The molecule has 1 N–H and O–H groups in total. The molecular formula is C11H9BrClNO. The lowest BCUT2D eigenvalue weighted by Crippen LogP contribution is -2.24. The Kier molecular flexibility index (Phi) is 4.67. The molecule has 0 atom stereocenters. The number of carbonyl (C=O) groups is 1. The predicted molar refractivity (Wildman–Crippen MR) is 64.9 cm³/mol. The first-order chi connectivity index (χ1) is 7.15. The van der Waals surface area contributed by atoms with E-state index < -0.39 is 0 Å². The Morgan fingerprint density at radius 3 is 3.00 bits per heavy atom. The second-order valence-electron chi connectivity index (χ2n) is 2.83. The van der Waals surface area contributed by atoms with E-state index in [0.717, 1.165) is 0 Å².